The van der Waals surface area contributed by atoms with Gasteiger partial charge in [0.2, 0.25) is 0 Å². The molecule has 7 nitrogen and oxygen atoms in total. The van der Waals surface area contributed by atoms with Gasteiger partial charge in [0, 0.05) is 6.07 Å². The van der Waals surface area contributed by atoms with Crippen LogP contribution in [0.5, 0.6) is 5.75 Å². The summed E-state index contributed by atoms with van der Waals surface area (Å²) in [6.07, 6.45) is 0. The fraction of sp³-hybridized carbons (Fsp3) is 0.118. The molecule has 0 bridgehead atoms. The van der Waals surface area contributed by atoms with Gasteiger partial charge in [-0.2, -0.15) is 0 Å². The number of carbonyl (C=O) groups is 3. The van der Waals surface area contributed by atoms with Crippen LogP contribution in [0.15, 0.2) is 42.5 Å². The van der Waals surface area contributed by atoms with E-state index < -0.39 is 53.9 Å². The Morgan fingerprint density at radius 3 is 2.15 bits per heavy atom. The molecule has 0 unspecified atom stereocenters. The van der Waals surface area contributed by atoms with E-state index >= 15 is 0 Å². The number of rotatable bonds is 6. The maximum atomic E-state index is 13.4. The normalized spacial score (nSPS) is 10.0. The van der Waals surface area contributed by atoms with Crippen molar-refractivity contribution >= 4 is 17.7 Å². The Labute approximate surface area is 151 Å². The molecular weight excluding hydrogens is 367 g/mol. The first-order valence-corrected chi connectivity index (χ1v) is 7.54. The van der Waals surface area contributed by atoms with Crippen molar-refractivity contribution in [1.82, 2.24) is 16.2 Å². The maximum absolute atomic E-state index is 13.4. The number of hydrazine groups is 1. The Morgan fingerprint density at radius 1 is 0.852 bits per heavy atom. The van der Waals surface area contributed by atoms with Crippen LogP contribution in [0, 0.1) is 17.5 Å². The van der Waals surface area contributed by atoms with E-state index in [1.165, 1.54) is 12.1 Å². The summed E-state index contributed by atoms with van der Waals surface area (Å²) in [5, 5.41) is 2.11. The zero-order valence-corrected chi connectivity index (χ0v) is 13.7. The van der Waals surface area contributed by atoms with E-state index in [1.54, 1.807) is 0 Å². The number of benzene rings is 2. The number of amides is 3. The van der Waals surface area contributed by atoms with Crippen LogP contribution in [0.25, 0.3) is 0 Å². The second-order valence-corrected chi connectivity index (χ2v) is 5.15. The van der Waals surface area contributed by atoms with Crippen LogP contribution in [-0.4, -0.2) is 30.9 Å². The molecule has 3 amide bonds. The first-order chi connectivity index (χ1) is 12.8. The Morgan fingerprint density at radius 2 is 1.48 bits per heavy atom. The molecule has 0 aliphatic heterocycles. The molecular formula is C17H14F3N3O4. The summed E-state index contributed by atoms with van der Waals surface area (Å²) in [6, 6.07) is 7.34. The summed E-state index contributed by atoms with van der Waals surface area (Å²) >= 11 is 0. The van der Waals surface area contributed by atoms with Crippen molar-refractivity contribution in [2.45, 2.75) is 0 Å². The molecule has 2 rings (SSSR count). The van der Waals surface area contributed by atoms with Crippen molar-refractivity contribution in [2.24, 2.45) is 0 Å². The Kier molecular flexibility index (Phi) is 6.75. The minimum atomic E-state index is -1.07. The van der Waals surface area contributed by atoms with Crippen LogP contribution in [0.4, 0.5) is 13.2 Å². The molecule has 0 aliphatic carbocycles. The fourth-order valence-corrected chi connectivity index (χ4v) is 1.83. The van der Waals surface area contributed by atoms with Gasteiger partial charge < -0.3 is 10.1 Å². The van der Waals surface area contributed by atoms with E-state index in [-0.39, 0.29) is 5.75 Å². The quantitative estimate of drug-likeness (QED) is 0.652. The molecule has 0 saturated carbocycles. The number of ether oxygens (including phenoxy) is 1. The third kappa shape index (κ3) is 6.34. The molecule has 10 heteroatoms. The number of hydrogen-bond donors (Lipinski definition) is 3. The van der Waals surface area contributed by atoms with Crippen LogP contribution in [0.3, 0.4) is 0 Å². The second kappa shape index (κ2) is 9.22. The molecule has 0 aromatic heterocycles. The maximum Gasteiger partial charge on any atom is 0.276 e. The van der Waals surface area contributed by atoms with Crippen molar-refractivity contribution in [1.29, 1.82) is 0 Å². The van der Waals surface area contributed by atoms with Gasteiger partial charge in [-0.3, -0.25) is 25.2 Å². The lowest BCUT2D eigenvalue weighted by Gasteiger charge is -2.10. The molecule has 142 valence electrons. The smallest absolute Gasteiger partial charge is 0.276 e. The zero-order valence-electron chi connectivity index (χ0n) is 13.7. The molecule has 0 heterocycles. The topological polar surface area (TPSA) is 96.5 Å². The predicted molar refractivity (Wildman–Crippen MR) is 86.9 cm³/mol. The molecule has 0 radical (unpaired) electrons. The zero-order chi connectivity index (χ0) is 19.8. The van der Waals surface area contributed by atoms with Crippen molar-refractivity contribution in [3.05, 3.63) is 65.5 Å². The van der Waals surface area contributed by atoms with Crippen LogP contribution in [0.1, 0.15) is 10.4 Å². The number of hydrogen-bond acceptors (Lipinski definition) is 4. The number of halogens is 3. The lowest BCUT2D eigenvalue weighted by Crippen LogP contribution is -2.47. The van der Waals surface area contributed by atoms with Crippen LogP contribution in [0.2, 0.25) is 0 Å². The average molecular weight is 381 g/mol. The van der Waals surface area contributed by atoms with Crippen molar-refractivity contribution in [2.75, 3.05) is 13.2 Å². The van der Waals surface area contributed by atoms with Gasteiger partial charge in [0.15, 0.2) is 6.61 Å². The van der Waals surface area contributed by atoms with E-state index in [0.717, 1.165) is 24.3 Å². The summed E-state index contributed by atoms with van der Waals surface area (Å²) in [5.41, 5.74) is 3.62. The SMILES string of the molecule is O=C(CNC(=O)c1ccc(F)cc1F)NNC(=O)COc1ccc(F)cc1. The van der Waals surface area contributed by atoms with Gasteiger partial charge in [-0.1, -0.05) is 0 Å². The largest absolute Gasteiger partial charge is 0.484 e. The Hall–Kier alpha value is -3.56. The highest BCUT2D eigenvalue weighted by molar-refractivity contribution is 5.96. The van der Waals surface area contributed by atoms with Crippen molar-refractivity contribution in [3.63, 3.8) is 0 Å². The van der Waals surface area contributed by atoms with Gasteiger partial charge in [-0.15, -0.1) is 0 Å². The fourth-order valence-electron chi connectivity index (χ4n) is 1.83. The van der Waals surface area contributed by atoms with Gasteiger partial charge in [0.1, 0.15) is 23.2 Å². The Bertz CT molecular complexity index is 844. The van der Waals surface area contributed by atoms with Gasteiger partial charge in [0.05, 0.1) is 12.1 Å². The number of carbonyl (C=O) groups excluding carboxylic acids is 3. The van der Waals surface area contributed by atoms with Gasteiger partial charge in [-0.25, -0.2) is 13.2 Å². The van der Waals surface area contributed by atoms with E-state index in [4.69, 9.17) is 4.74 Å². The molecule has 0 spiro atoms. The summed E-state index contributed by atoms with van der Waals surface area (Å²) in [7, 11) is 0. The van der Waals surface area contributed by atoms with Crippen LogP contribution in [-0.2, 0) is 9.59 Å². The average Bonchev–Trinajstić information content (AvgIpc) is 2.64. The highest BCUT2D eigenvalue weighted by Gasteiger charge is 2.14. The molecule has 2 aromatic rings. The minimum absolute atomic E-state index is 0.256. The van der Waals surface area contributed by atoms with Gasteiger partial charge in [0.25, 0.3) is 17.7 Å². The highest BCUT2D eigenvalue weighted by atomic mass is 19.1. The molecule has 27 heavy (non-hydrogen) atoms. The molecule has 2 aromatic carbocycles. The second-order valence-electron chi connectivity index (χ2n) is 5.15. The third-order valence-electron chi connectivity index (χ3n) is 3.11. The molecule has 0 saturated heterocycles. The predicted octanol–water partition coefficient (Wildman–Crippen LogP) is 1.06. The number of nitrogens with one attached hydrogen (secondary N) is 3. The first kappa shape index (κ1) is 19.8. The standard InChI is InChI=1S/C17H14F3N3O4/c18-10-1-4-12(5-2-10)27-9-16(25)23-22-15(24)8-21-17(26)13-6-3-11(19)7-14(13)20/h1-7H,8-9H2,(H,21,26)(H,22,24)(H,23,25). The highest BCUT2D eigenvalue weighted by Crippen LogP contribution is 2.10. The Balaban J connectivity index is 1.70. The lowest BCUT2D eigenvalue weighted by atomic mass is 10.2. The van der Waals surface area contributed by atoms with E-state index in [9.17, 15) is 27.6 Å². The van der Waals surface area contributed by atoms with Crippen molar-refractivity contribution in [3.8, 4) is 5.75 Å². The van der Waals surface area contributed by atoms with Gasteiger partial charge in [-0.05, 0) is 36.4 Å². The van der Waals surface area contributed by atoms with Crippen molar-refractivity contribution < 1.29 is 32.3 Å². The van der Waals surface area contributed by atoms with E-state index in [1.807, 2.05) is 10.9 Å². The molecule has 0 atom stereocenters. The van der Waals surface area contributed by atoms with Crippen LogP contribution >= 0.6 is 0 Å². The third-order valence-corrected chi connectivity index (χ3v) is 3.11. The minimum Gasteiger partial charge on any atom is -0.484 e. The van der Waals surface area contributed by atoms with E-state index in [0.29, 0.717) is 6.07 Å². The summed E-state index contributed by atoms with van der Waals surface area (Å²) in [5.74, 6) is -4.53. The van der Waals surface area contributed by atoms with Crippen LogP contribution < -0.4 is 20.9 Å². The molecule has 0 fully saturated rings. The summed E-state index contributed by atoms with van der Waals surface area (Å²) < 4.78 is 44.0. The molecule has 0 aliphatic rings. The van der Waals surface area contributed by atoms with E-state index in [2.05, 4.69) is 5.32 Å². The summed E-state index contributed by atoms with van der Waals surface area (Å²) in [4.78, 5) is 34.8. The summed E-state index contributed by atoms with van der Waals surface area (Å²) in [6.45, 7) is -1.01. The first-order valence-electron chi connectivity index (χ1n) is 7.54. The lowest BCUT2D eigenvalue weighted by molar-refractivity contribution is -0.129. The van der Waals surface area contributed by atoms with Gasteiger partial charge >= 0.3 is 0 Å². The molecule has 3 N–H and O–H groups in total. The monoisotopic (exact) mass is 381 g/mol.